The van der Waals surface area contributed by atoms with E-state index in [1.54, 1.807) is 0 Å². The third-order valence-corrected chi connectivity index (χ3v) is 4.88. The molecule has 0 bridgehead atoms. The number of fused-ring (bicyclic) bond motifs is 3. The highest BCUT2D eigenvalue weighted by molar-refractivity contribution is 6.02. The highest BCUT2D eigenvalue weighted by Crippen LogP contribution is 2.49. The molecule has 0 radical (unpaired) electrons. The minimum atomic E-state index is -0.391. The number of benzene rings is 1. The van der Waals surface area contributed by atoms with Crippen LogP contribution in [0, 0.1) is 0 Å². The van der Waals surface area contributed by atoms with Gasteiger partial charge in [0, 0.05) is 23.6 Å². The van der Waals surface area contributed by atoms with Gasteiger partial charge in [-0.25, -0.2) is 0 Å². The van der Waals surface area contributed by atoms with Gasteiger partial charge in [-0.2, -0.15) is 0 Å². The van der Waals surface area contributed by atoms with E-state index in [0.29, 0.717) is 12.2 Å². The maximum atomic E-state index is 11.7. The first-order valence-corrected chi connectivity index (χ1v) is 7.68. The fourth-order valence-electron chi connectivity index (χ4n) is 3.81. The van der Waals surface area contributed by atoms with Crippen molar-refractivity contribution in [3.05, 3.63) is 58.1 Å². The van der Waals surface area contributed by atoms with E-state index < -0.39 is 5.43 Å². The van der Waals surface area contributed by atoms with Crippen molar-refractivity contribution in [1.29, 1.82) is 0 Å². The minimum Gasteiger partial charge on any atom is -0.502 e. The Morgan fingerprint density at radius 3 is 3.00 bits per heavy atom. The summed E-state index contributed by atoms with van der Waals surface area (Å²) >= 11 is 0. The maximum Gasteiger partial charge on any atom is 0.226 e. The maximum absolute atomic E-state index is 11.7. The zero-order chi connectivity index (χ0) is 15.2. The van der Waals surface area contributed by atoms with Gasteiger partial charge in [0.15, 0.2) is 5.76 Å². The summed E-state index contributed by atoms with van der Waals surface area (Å²) in [5.41, 5.74) is 2.74. The van der Waals surface area contributed by atoms with Gasteiger partial charge in [-0.05, 0) is 30.9 Å². The standard InChI is InChI=1S/C18H17NO3/c20-14-8-10-22-15(17(14)21)11-18-9-4-3-7-16(18)19-13-6-2-1-5-12(13)18/h1-2,5-6,8,10,21H,3-4,7,9,11H2. The van der Waals surface area contributed by atoms with Crippen molar-refractivity contribution in [3.8, 4) is 5.75 Å². The molecule has 1 atom stereocenters. The fourth-order valence-corrected chi connectivity index (χ4v) is 3.81. The van der Waals surface area contributed by atoms with Crippen LogP contribution in [0.3, 0.4) is 0 Å². The Hall–Kier alpha value is -2.36. The Kier molecular flexibility index (Phi) is 2.93. The topological polar surface area (TPSA) is 62.8 Å². The summed E-state index contributed by atoms with van der Waals surface area (Å²) in [4.78, 5) is 16.5. The van der Waals surface area contributed by atoms with Gasteiger partial charge in [-0.15, -0.1) is 0 Å². The largest absolute Gasteiger partial charge is 0.502 e. The third kappa shape index (κ3) is 1.83. The normalized spacial score (nSPS) is 22.8. The molecule has 1 aliphatic heterocycles. The van der Waals surface area contributed by atoms with Crippen molar-refractivity contribution in [2.45, 2.75) is 37.5 Å². The molecule has 1 aromatic heterocycles. The summed E-state index contributed by atoms with van der Waals surface area (Å²) < 4.78 is 5.45. The Morgan fingerprint density at radius 1 is 1.23 bits per heavy atom. The number of rotatable bonds is 2. The quantitative estimate of drug-likeness (QED) is 0.922. The summed E-state index contributed by atoms with van der Waals surface area (Å²) in [5, 5.41) is 10.0. The molecular weight excluding hydrogens is 278 g/mol. The van der Waals surface area contributed by atoms with E-state index in [-0.39, 0.29) is 11.2 Å². The van der Waals surface area contributed by atoms with E-state index in [1.807, 2.05) is 18.2 Å². The molecule has 4 rings (SSSR count). The smallest absolute Gasteiger partial charge is 0.226 e. The number of aliphatic imine (C=N–C) groups is 1. The van der Waals surface area contributed by atoms with Crippen molar-refractivity contribution in [2.75, 3.05) is 0 Å². The minimum absolute atomic E-state index is 0.233. The van der Waals surface area contributed by atoms with E-state index in [9.17, 15) is 9.90 Å². The van der Waals surface area contributed by atoms with Gasteiger partial charge in [-0.1, -0.05) is 24.6 Å². The molecule has 4 nitrogen and oxygen atoms in total. The first-order valence-electron chi connectivity index (χ1n) is 7.68. The highest BCUT2D eigenvalue weighted by Gasteiger charge is 2.45. The SMILES string of the molecule is O=c1ccoc(CC23CCCCC2=Nc2ccccc23)c1O. The molecule has 1 fully saturated rings. The van der Waals surface area contributed by atoms with Crippen LogP contribution in [-0.2, 0) is 11.8 Å². The fraction of sp³-hybridized carbons (Fsp3) is 0.333. The molecule has 0 spiro atoms. The number of para-hydroxylation sites is 1. The van der Waals surface area contributed by atoms with Crippen molar-refractivity contribution in [3.63, 3.8) is 0 Å². The Labute approximate surface area is 128 Å². The molecule has 2 aliphatic rings. The summed E-state index contributed by atoms with van der Waals surface area (Å²) in [7, 11) is 0. The molecule has 1 N–H and O–H groups in total. The lowest BCUT2D eigenvalue weighted by atomic mass is 9.66. The third-order valence-electron chi connectivity index (χ3n) is 4.88. The number of aromatic hydroxyl groups is 1. The van der Waals surface area contributed by atoms with Crippen LogP contribution < -0.4 is 5.43 Å². The molecule has 0 saturated heterocycles. The van der Waals surface area contributed by atoms with Gasteiger partial charge >= 0.3 is 0 Å². The second-order valence-corrected chi connectivity index (χ2v) is 6.10. The number of nitrogens with zero attached hydrogens (tertiary/aromatic N) is 1. The summed E-state index contributed by atoms with van der Waals surface area (Å²) in [6.45, 7) is 0. The van der Waals surface area contributed by atoms with Crippen LogP contribution in [0.4, 0.5) is 5.69 Å². The van der Waals surface area contributed by atoms with Gasteiger partial charge in [0.1, 0.15) is 0 Å². The summed E-state index contributed by atoms with van der Waals surface area (Å²) in [6, 6.07) is 9.40. The zero-order valence-electron chi connectivity index (χ0n) is 12.2. The van der Waals surface area contributed by atoms with Crippen molar-refractivity contribution in [2.24, 2.45) is 4.99 Å². The summed E-state index contributed by atoms with van der Waals surface area (Å²) in [5.74, 6) is 0.0879. The predicted molar refractivity (Wildman–Crippen MR) is 84.0 cm³/mol. The molecular formula is C18H17NO3. The van der Waals surface area contributed by atoms with Crippen LogP contribution in [0.15, 0.2) is 50.8 Å². The van der Waals surface area contributed by atoms with Gasteiger partial charge in [0.2, 0.25) is 11.2 Å². The molecule has 2 aromatic rings. The van der Waals surface area contributed by atoms with Crippen molar-refractivity contribution < 1.29 is 9.52 Å². The molecule has 1 aromatic carbocycles. The Balaban J connectivity index is 1.85. The van der Waals surface area contributed by atoms with Crippen LogP contribution in [-0.4, -0.2) is 10.8 Å². The van der Waals surface area contributed by atoms with Gasteiger partial charge < -0.3 is 9.52 Å². The molecule has 2 heterocycles. The van der Waals surface area contributed by atoms with E-state index in [1.165, 1.54) is 17.9 Å². The van der Waals surface area contributed by atoms with Gasteiger partial charge in [0.05, 0.1) is 12.0 Å². The van der Waals surface area contributed by atoms with Crippen LogP contribution in [0.1, 0.15) is 37.0 Å². The van der Waals surface area contributed by atoms with Crippen LogP contribution in [0.5, 0.6) is 5.75 Å². The molecule has 1 aliphatic carbocycles. The zero-order valence-corrected chi connectivity index (χ0v) is 12.2. The van der Waals surface area contributed by atoms with Gasteiger partial charge in [0.25, 0.3) is 0 Å². The predicted octanol–water partition coefficient (Wildman–Crippen LogP) is 3.49. The average Bonchev–Trinajstić information content (AvgIpc) is 2.86. The monoisotopic (exact) mass is 295 g/mol. The van der Waals surface area contributed by atoms with Crippen LogP contribution in [0.25, 0.3) is 0 Å². The molecule has 112 valence electrons. The molecule has 0 amide bonds. The lowest BCUT2D eigenvalue weighted by molar-refractivity contribution is 0.362. The van der Waals surface area contributed by atoms with E-state index in [0.717, 1.165) is 37.1 Å². The highest BCUT2D eigenvalue weighted by atomic mass is 16.4. The van der Waals surface area contributed by atoms with Gasteiger partial charge in [-0.3, -0.25) is 9.79 Å². The summed E-state index contributed by atoms with van der Waals surface area (Å²) in [6.07, 6.45) is 6.04. The molecule has 4 heteroatoms. The number of hydrogen-bond acceptors (Lipinski definition) is 4. The average molecular weight is 295 g/mol. The second kappa shape index (κ2) is 4.83. The Morgan fingerprint density at radius 2 is 2.09 bits per heavy atom. The van der Waals surface area contributed by atoms with Crippen molar-refractivity contribution >= 4 is 11.4 Å². The molecule has 22 heavy (non-hydrogen) atoms. The molecule has 1 unspecified atom stereocenters. The van der Waals surface area contributed by atoms with E-state index >= 15 is 0 Å². The van der Waals surface area contributed by atoms with Crippen LogP contribution in [0.2, 0.25) is 0 Å². The first-order chi connectivity index (χ1) is 10.7. The van der Waals surface area contributed by atoms with Crippen LogP contribution >= 0.6 is 0 Å². The first kappa shape index (κ1) is 13.3. The lowest BCUT2D eigenvalue weighted by Gasteiger charge is -2.35. The lowest BCUT2D eigenvalue weighted by Crippen LogP contribution is -2.38. The second-order valence-electron chi connectivity index (χ2n) is 6.10. The van der Waals surface area contributed by atoms with Crippen molar-refractivity contribution in [1.82, 2.24) is 0 Å². The number of hydrogen-bond donors (Lipinski definition) is 1. The van der Waals surface area contributed by atoms with E-state index in [4.69, 9.17) is 9.41 Å². The van der Waals surface area contributed by atoms with E-state index in [2.05, 4.69) is 6.07 Å². The Bertz CT molecular complexity index is 821. The molecule has 1 saturated carbocycles.